The van der Waals surface area contributed by atoms with Gasteiger partial charge in [-0.3, -0.25) is 0 Å². The van der Waals surface area contributed by atoms with E-state index in [0.717, 1.165) is 11.4 Å². The van der Waals surface area contributed by atoms with Gasteiger partial charge in [0, 0.05) is 18.7 Å². The number of oxazole rings is 1. The van der Waals surface area contributed by atoms with Crippen molar-refractivity contribution in [3.8, 4) is 6.01 Å². The highest BCUT2D eigenvalue weighted by atomic mass is 16.4. The Labute approximate surface area is 86.9 Å². The molecular weight excluding hydrogens is 192 g/mol. The third-order valence-electron chi connectivity index (χ3n) is 2.55. The second kappa shape index (κ2) is 3.20. The fraction of sp³-hybridized carbons (Fsp3) is 0.400. The van der Waals surface area contributed by atoms with Gasteiger partial charge in [0.25, 0.3) is 0 Å². The average Bonchev–Trinajstić information content (AvgIpc) is 2.84. The van der Waals surface area contributed by atoms with Gasteiger partial charge >= 0.3 is 6.01 Å². The van der Waals surface area contributed by atoms with Crippen LogP contribution >= 0.6 is 0 Å². The smallest absolute Gasteiger partial charge is 0.322 e. The second-order valence-electron chi connectivity index (χ2n) is 3.78. The molecule has 5 nitrogen and oxygen atoms in total. The zero-order valence-corrected chi connectivity index (χ0v) is 8.26. The van der Waals surface area contributed by atoms with Gasteiger partial charge in [0.05, 0.1) is 11.4 Å². The maximum atomic E-state index is 5.45. The van der Waals surface area contributed by atoms with Crippen LogP contribution in [0.4, 0.5) is 0 Å². The molecule has 0 atom stereocenters. The highest BCUT2D eigenvalue weighted by molar-refractivity contribution is 5.17. The average molecular weight is 204 g/mol. The Morgan fingerprint density at radius 2 is 2.40 bits per heavy atom. The molecular formula is C10H12N4O. The standard InChI is InChI=1S/C10H12N4O/c11-5-8-6-15-10(12-8)14-4-3-9(13-14)7-1-2-7/h3-4,6-7H,1-2,5,11H2. The summed E-state index contributed by atoms with van der Waals surface area (Å²) in [4.78, 5) is 4.20. The molecule has 0 spiro atoms. The highest BCUT2D eigenvalue weighted by Crippen LogP contribution is 2.38. The Bertz CT molecular complexity index is 469. The molecule has 0 amide bonds. The predicted molar refractivity (Wildman–Crippen MR) is 53.5 cm³/mol. The lowest BCUT2D eigenvalue weighted by Crippen LogP contribution is -1.99. The lowest BCUT2D eigenvalue weighted by atomic mass is 10.3. The molecule has 0 unspecified atom stereocenters. The van der Waals surface area contributed by atoms with E-state index in [4.69, 9.17) is 10.2 Å². The van der Waals surface area contributed by atoms with Crippen LogP contribution < -0.4 is 5.73 Å². The van der Waals surface area contributed by atoms with Crippen molar-refractivity contribution in [2.45, 2.75) is 25.3 Å². The van der Waals surface area contributed by atoms with E-state index < -0.39 is 0 Å². The first kappa shape index (κ1) is 8.67. The van der Waals surface area contributed by atoms with E-state index in [9.17, 15) is 0 Å². The van der Waals surface area contributed by atoms with Crippen LogP contribution in [0.1, 0.15) is 30.1 Å². The molecule has 0 aliphatic heterocycles. The summed E-state index contributed by atoms with van der Waals surface area (Å²) >= 11 is 0. The van der Waals surface area contributed by atoms with Crippen molar-refractivity contribution in [1.29, 1.82) is 0 Å². The van der Waals surface area contributed by atoms with Gasteiger partial charge in [0.1, 0.15) is 6.26 Å². The van der Waals surface area contributed by atoms with E-state index in [0.29, 0.717) is 18.5 Å². The van der Waals surface area contributed by atoms with Crippen molar-refractivity contribution in [3.05, 3.63) is 29.9 Å². The van der Waals surface area contributed by atoms with Crippen LogP contribution in [0, 0.1) is 0 Å². The molecule has 78 valence electrons. The van der Waals surface area contributed by atoms with Gasteiger partial charge in [-0.25, -0.2) is 0 Å². The van der Waals surface area contributed by atoms with E-state index in [1.54, 1.807) is 10.9 Å². The lowest BCUT2D eigenvalue weighted by molar-refractivity contribution is 0.508. The number of hydrogen-bond acceptors (Lipinski definition) is 4. The Balaban J connectivity index is 1.90. The number of aromatic nitrogens is 3. The van der Waals surface area contributed by atoms with Gasteiger partial charge in [-0.05, 0) is 18.9 Å². The Morgan fingerprint density at radius 3 is 3.07 bits per heavy atom. The van der Waals surface area contributed by atoms with Gasteiger partial charge in [-0.2, -0.15) is 14.8 Å². The Kier molecular flexibility index (Phi) is 1.85. The van der Waals surface area contributed by atoms with Crippen LogP contribution in [0.3, 0.4) is 0 Å². The summed E-state index contributed by atoms with van der Waals surface area (Å²) in [5, 5.41) is 4.41. The number of hydrogen-bond donors (Lipinski definition) is 1. The first-order valence-electron chi connectivity index (χ1n) is 5.07. The summed E-state index contributed by atoms with van der Waals surface area (Å²) in [6.45, 7) is 0.389. The summed E-state index contributed by atoms with van der Waals surface area (Å²) in [6, 6.07) is 2.51. The van der Waals surface area contributed by atoms with E-state index in [2.05, 4.69) is 10.1 Å². The van der Waals surface area contributed by atoms with Crippen molar-refractivity contribution in [2.75, 3.05) is 0 Å². The van der Waals surface area contributed by atoms with Gasteiger partial charge in [-0.1, -0.05) is 0 Å². The second-order valence-corrected chi connectivity index (χ2v) is 3.78. The molecule has 1 aliphatic carbocycles. The van der Waals surface area contributed by atoms with E-state index in [-0.39, 0.29) is 0 Å². The summed E-state index contributed by atoms with van der Waals surface area (Å²) in [5.74, 6) is 0.648. The van der Waals surface area contributed by atoms with Crippen molar-refractivity contribution in [2.24, 2.45) is 5.73 Å². The third-order valence-corrected chi connectivity index (χ3v) is 2.55. The molecule has 15 heavy (non-hydrogen) atoms. The normalized spacial score (nSPS) is 15.8. The van der Waals surface area contributed by atoms with E-state index >= 15 is 0 Å². The summed E-state index contributed by atoms with van der Waals surface area (Å²) in [7, 11) is 0. The molecule has 0 bridgehead atoms. The minimum Gasteiger partial charge on any atom is -0.430 e. The minimum absolute atomic E-state index is 0.389. The van der Waals surface area contributed by atoms with Crippen molar-refractivity contribution in [1.82, 2.24) is 14.8 Å². The van der Waals surface area contributed by atoms with Gasteiger partial charge in [0.2, 0.25) is 0 Å². The van der Waals surface area contributed by atoms with Crippen LogP contribution in [0.15, 0.2) is 22.9 Å². The maximum Gasteiger partial charge on any atom is 0.322 e. The number of rotatable bonds is 3. The molecule has 1 fully saturated rings. The van der Waals surface area contributed by atoms with Gasteiger partial charge in [0.15, 0.2) is 0 Å². The number of nitrogens with zero attached hydrogens (tertiary/aromatic N) is 3. The van der Waals surface area contributed by atoms with Crippen molar-refractivity contribution < 1.29 is 4.42 Å². The fourth-order valence-corrected chi connectivity index (χ4v) is 1.54. The first-order chi connectivity index (χ1) is 7.36. The summed E-state index contributed by atoms with van der Waals surface area (Å²) in [5.41, 5.74) is 7.32. The Hall–Kier alpha value is -1.62. The largest absolute Gasteiger partial charge is 0.430 e. The SMILES string of the molecule is NCc1coc(-n2ccc(C3CC3)n2)n1. The van der Waals surface area contributed by atoms with Crippen LogP contribution in [-0.2, 0) is 6.54 Å². The zero-order chi connectivity index (χ0) is 10.3. The summed E-state index contributed by atoms with van der Waals surface area (Å²) < 4.78 is 6.92. The van der Waals surface area contributed by atoms with Crippen LogP contribution in [0.2, 0.25) is 0 Å². The van der Waals surface area contributed by atoms with Crippen LogP contribution in [-0.4, -0.2) is 14.8 Å². The predicted octanol–water partition coefficient (Wildman–Crippen LogP) is 1.20. The molecule has 2 heterocycles. The molecule has 1 aliphatic rings. The highest BCUT2D eigenvalue weighted by Gasteiger charge is 2.26. The van der Waals surface area contributed by atoms with E-state index in [1.807, 2.05) is 12.3 Å². The monoisotopic (exact) mass is 204 g/mol. The zero-order valence-electron chi connectivity index (χ0n) is 8.26. The molecule has 1 saturated carbocycles. The van der Waals surface area contributed by atoms with Crippen molar-refractivity contribution in [3.63, 3.8) is 0 Å². The third kappa shape index (κ3) is 1.55. The first-order valence-corrected chi connectivity index (χ1v) is 5.07. The molecule has 2 N–H and O–H groups in total. The molecule has 5 heteroatoms. The lowest BCUT2D eigenvalue weighted by Gasteiger charge is -1.92. The van der Waals surface area contributed by atoms with Gasteiger partial charge in [-0.15, -0.1) is 0 Å². The van der Waals surface area contributed by atoms with Crippen LogP contribution in [0.25, 0.3) is 6.01 Å². The molecule has 3 rings (SSSR count). The topological polar surface area (TPSA) is 69.9 Å². The van der Waals surface area contributed by atoms with Crippen LogP contribution in [0.5, 0.6) is 0 Å². The molecule has 0 radical (unpaired) electrons. The number of nitrogens with two attached hydrogens (primary N) is 1. The summed E-state index contributed by atoms with van der Waals surface area (Å²) in [6.07, 6.45) is 5.93. The minimum atomic E-state index is 0.389. The van der Waals surface area contributed by atoms with Crippen molar-refractivity contribution >= 4 is 0 Å². The van der Waals surface area contributed by atoms with Gasteiger partial charge < -0.3 is 10.2 Å². The fourth-order valence-electron chi connectivity index (χ4n) is 1.54. The molecule has 0 aromatic carbocycles. The maximum absolute atomic E-state index is 5.45. The molecule has 2 aromatic rings. The molecule has 0 saturated heterocycles. The van der Waals surface area contributed by atoms with E-state index in [1.165, 1.54) is 12.8 Å². The quantitative estimate of drug-likeness (QED) is 0.815. The Morgan fingerprint density at radius 1 is 1.53 bits per heavy atom. The molecule has 2 aromatic heterocycles.